The van der Waals surface area contributed by atoms with E-state index < -0.39 is 0 Å². The molecule has 80 valence electrons. The summed E-state index contributed by atoms with van der Waals surface area (Å²) in [6, 6.07) is -0.346. The molecule has 0 unspecified atom stereocenters. The number of rotatable bonds is 2. The van der Waals surface area contributed by atoms with E-state index in [2.05, 4.69) is 13.0 Å². The van der Waals surface area contributed by atoms with Gasteiger partial charge in [0.05, 0.1) is 6.04 Å². The average molecular weight is 196 g/mol. The predicted octanol–water partition coefficient (Wildman–Crippen LogP) is 1.15. The minimum absolute atomic E-state index is 0.0868. The van der Waals surface area contributed by atoms with Gasteiger partial charge in [-0.3, -0.25) is 4.79 Å². The van der Waals surface area contributed by atoms with Crippen LogP contribution in [0.5, 0.6) is 0 Å². The van der Waals surface area contributed by atoms with E-state index in [9.17, 15) is 4.79 Å². The first-order valence-electron chi connectivity index (χ1n) is 5.22. The molecule has 1 amide bonds. The highest BCUT2D eigenvalue weighted by atomic mass is 16.2. The molecule has 0 aliphatic carbocycles. The van der Waals surface area contributed by atoms with Crippen LogP contribution in [0.3, 0.4) is 0 Å². The third-order valence-electron chi connectivity index (χ3n) is 2.75. The lowest BCUT2D eigenvalue weighted by molar-refractivity contribution is -0.133. The second kappa shape index (κ2) is 4.60. The van der Waals surface area contributed by atoms with Crippen LogP contribution in [0, 0.1) is 5.92 Å². The zero-order valence-electron chi connectivity index (χ0n) is 9.29. The number of amides is 1. The predicted molar refractivity (Wildman–Crippen MR) is 57.8 cm³/mol. The van der Waals surface area contributed by atoms with Crippen molar-refractivity contribution in [3.8, 4) is 0 Å². The molecule has 2 N–H and O–H groups in total. The van der Waals surface area contributed by atoms with Crippen molar-refractivity contribution in [1.82, 2.24) is 4.90 Å². The van der Waals surface area contributed by atoms with E-state index in [0.717, 1.165) is 19.5 Å². The molecule has 1 atom stereocenters. The van der Waals surface area contributed by atoms with Crippen molar-refractivity contribution in [3.05, 3.63) is 11.6 Å². The minimum Gasteiger partial charge on any atom is -0.337 e. The van der Waals surface area contributed by atoms with Crippen LogP contribution in [-0.2, 0) is 4.79 Å². The minimum atomic E-state index is -0.346. The van der Waals surface area contributed by atoms with Crippen LogP contribution < -0.4 is 5.73 Å². The van der Waals surface area contributed by atoms with E-state index in [0.29, 0.717) is 0 Å². The van der Waals surface area contributed by atoms with E-state index in [1.54, 1.807) is 0 Å². The van der Waals surface area contributed by atoms with Gasteiger partial charge in [0.15, 0.2) is 0 Å². The highest BCUT2D eigenvalue weighted by Crippen LogP contribution is 2.12. The Morgan fingerprint density at radius 2 is 2.21 bits per heavy atom. The third kappa shape index (κ3) is 2.58. The molecule has 0 radical (unpaired) electrons. The van der Waals surface area contributed by atoms with Gasteiger partial charge in [0.1, 0.15) is 0 Å². The van der Waals surface area contributed by atoms with Gasteiger partial charge in [0, 0.05) is 13.1 Å². The molecule has 14 heavy (non-hydrogen) atoms. The van der Waals surface area contributed by atoms with Crippen LogP contribution in [0.15, 0.2) is 11.6 Å². The summed E-state index contributed by atoms with van der Waals surface area (Å²) in [5.74, 6) is 0.304. The Labute approximate surface area is 86.0 Å². The largest absolute Gasteiger partial charge is 0.337 e. The molecular formula is C11H20N2O. The number of carbonyl (C=O) groups is 1. The Kier molecular flexibility index (Phi) is 3.69. The van der Waals surface area contributed by atoms with Gasteiger partial charge in [-0.25, -0.2) is 0 Å². The van der Waals surface area contributed by atoms with Gasteiger partial charge in [-0.2, -0.15) is 0 Å². The molecule has 1 aliphatic rings. The van der Waals surface area contributed by atoms with Gasteiger partial charge in [0.2, 0.25) is 5.91 Å². The number of carbonyl (C=O) groups excluding carboxylic acids is 1. The van der Waals surface area contributed by atoms with E-state index in [1.807, 2.05) is 18.7 Å². The molecule has 0 saturated carbocycles. The highest BCUT2D eigenvalue weighted by Gasteiger charge is 2.23. The number of nitrogens with two attached hydrogens (primary N) is 1. The van der Waals surface area contributed by atoms with Gasteiger partial charge >= 0.3 is 0 Å². The molecular weight excluding hydrogens is 176 g/mol. The number of hydrogen-bond acceptors (Lipinski definition) is 2. The van der Waals surface area contributed by atoms with Crippen LogP contribution in [-0.4, -0.2) is 29.9 Å². The van der Waals surface area contributed by atoms with E-state index in [1.165, 1.54) is 5.57 Å². The van der Waals surface area contributed by atoms with Crippen LogP contribution in [0.2, 0.25) is 0 Å². The Balaban J connectivity index is 2.54. The lowest BCUT2D eigenvalue weighted by Crippen LogP contribution is -2.47. The summed E-state index contributed by atoms with van der Waals surface area (Å²) in [6.07, 6.45) is 3.09. The molecule has 0 spiro atoms. The lowest BCUT2D eigenvalue weighted by Gasteiger charge is -2.29. The lowest BCUT2D eigenvalue weighted by atomic mass is 10.0. The first-order chi connectivity index (χ1) is 6.52. The van der Waals surface area contributed by atoms with Crippen molar-refractivity contribution < 1.29 is 4.79 Å². The normalized spacial score (nSPS) is 19.5. The smallest absolute Gasteiger partial charge is 0.240 e. The molecule has 3 nitrogen and oxygen atoms in total. The van der Waals surface area contributed by atoms with Gasteiger partial charge in [-0.1, -0.05) is 25.5 Å². The topological polar surface area (TPSA) is 46.3 Å². The van der Waals surface area contributed by atoms with E-state index in [4.69, 9.17) is 5.73 Å². The van der Waals surface area contributed by atoms with Gasteiger partial charge in [-0.05, 0) is 19.3 Å². The maximum Gasteiger partial charge on any atom is 0.240 e. The van der Waals surface area contributed by atoms with Crippen LogP contribution in [0.1, 0.15) is 27.2 Å². The Morgan fingerprint density at radius 3 is 2.64 bits per heavy atom. The fraction of sp³-hybridized carbons (Fsp3) is 0.727. The molecule has 0 aromatic carbocycles. The molecule has 0 aromatic rings. The molecule has 0 saturated heterocycles. The highest BCUT2D eigenvalue weighted by molar-refractivity contribution is 5.82. The first kappa shape index (κ1) is 11.2. The van der Waals surface area contributed by atoms with Crippen LogP contribution >= 0.6 is 0 Å². The molecule has 0 aromatic heterocycles. The van der Waals surface area contributed by atoms with Crippen molar-refractivity contribution in [3.63, 3.8) is 0 Å². The summed E-state index contributed by atoms with van der Waals surface area (Å²) in [4.78, 5) is 13.7. The van der Waals surface area contributed by atoms with Crippen molar-refractivity contribution >= 4 is 5.91 Å². The van der Waals surface area contributed by atoms with Gasteiger partial charge < -0.3 is 10.6 Å². The van der Waals surface area contributed by atoms with Crippen molar-refractivity contribution in [2.24, 2.45) is 11.7 Å². The van der Waals surface area contributed by atoms with Gasteiger partial charge in [-0.15, -0.1) is 0 Å². The third-order valence-corrected chi connectivity index (χ3v) is 2.75. The van der Waals surface area contributed by atoms with Crippen molar-refractivity contribution in [2.45, 2.75) is 33.2 Å². The Morgan fingerprint density at radius 1 is 1.57 bits per heavy atom. The van der Waals surface area contributed by atoms with Crippen molar-refractivity contribution in [2.75, 3.05) is 13.1 Å². The molecule has 3 heteroatoms. The summed E-state index contributed by atoms with van der Waals surface area (Å²) in [6.45, 7) is 7.61. The maximum atomic E-state index is 11.8. The first-order valence-corrected chi connectivity index (χ1v) is 5.22. The number of nitrogens with zero attached hydrogens (tertiary/aromatic N) is 1. The zero-order chi connectivity index (χ0) is 10.7. The van der Waals surface area contributed by atoms with Crippen molar-refractivity contribution in [1.29, 1.82) is 0 Å². The quantitative estimate of drug-likeness (QED) is 0.673. The summed E-state index contributed by atoms with van der Waals surface area (Å²) < 4.78 is 0. The summed E-state index contributed by atoms with van der Waals surface area (Å²) >= 11 is 0. The average Bonchev–Trinajstić information content (AvgIpc) is 2.16. The molecule has 1 heterocycles. The monoisotopic (exact) mass is 196 g/mol. The van der Waals surface area contributed by atoms with Gasteiger partial charge in [0.25, 0.3) is 0 Å². The number of hydrogen-bond donors (Lipinski definition) is 1. The Bertz CT molecular complexity index is 246. The fourth-order valence-electron chi connectivity index (χ4n) is 1.47. The molecule has 0 bridgehead atoms. The maximum absolute atomic E-state index is 11.8. The van der Waals surface area contributed by atoms with E-state index >= 15 is 0 Å². The summed E-state index contributed by atoms with van der Waals surface area (Å²) in [7, 11) is 0. The summed E-state index contributed by atoms with van der Waals surface area (Å²) in [5.41, 5.74) is 7.18. The molecule has 1 rings (SSSR count). The summed E-state index contributed by atoms with van der Waals surface area (Å²) in [5, 5.41) is 0. The standard InChI is InChI=1S/C11H20N2O/c1-8(2)10(12)11(14)13-6-4-9(3)5-7-13/h4,8,10H,5-7,12H2,1-3H3/t10-/m1/s1. The second-order valence-corrected chi connectivity index (χ2v) is 4.35. The second-order valence-electron chi connectivity index (χ2n) is 4.35. The van der Waals surface area contributed by atoms with Crippen LogP contribution in [0.25, 0.3) is 0 Å². The van der Waals surface area contributed by atoms with Crippen LogP contribution in [0.4, 0.5) is 0 Å². The van der Waals surface area contributed by atoms with E-state index in [-0.39, 0.29) is 17.9 Å². The zero-order valence-corrected chi connectivity index (χ0v) is 9.29. The Hall–Kier alpha value is -0.830. The molecule has 1 aliphatic heterocycles. The SMILES string of the molecule is CC1=CCN(C(=O)[C@H](N)C(C)C)CC1. The molecule has 0 fully saturated rings. The fourth-order valence-corrected chi connectivity index (χ4v) is 1.47.